The van der Waals surface area contributed by atoms with Gasteiger partial charge < -0.3 is 14.4 Å². The number of thiazole rings is 1. The molecular formula is C24H31N4O7S2+. The molecule has 2 aromatic carbocycles. The fourth-order valence-electron chi connectivity index (χ4n) is 2.85. The van der Waals surface area contributed by atoms with Gasteiger partial charge in [-0.3, -0.25) is 8.37 Å². The fraction of sp³-hybridized carbons (Fsp3) is 0.333. The number of benzene rings is 2. The second-order valence-electron chi connectivity index (χ2n) is 7.35. The van der Waals surface area contributed by atoms with Gasteiger partial charge in [-0.25, -0.2) is 9.78 Å². The van der Waals surface area contributed by atoms with Crippen molar-refractivity contribution in [2.75, 3.05) is 45.9 Å². The third-order valence-corrected chi connectivity index (χ3v) is 6.59. The van der Waals surface area contributed by atoms with E-state index in [4.69, 9.17) is 9.47 Å². The molecule has 0 radical (unpaired) electrons. The van der Waals surface area contributed by atoms with Gasteiger partial charge in [0.2, 0.25) is 0 Å². The number of rotatable bonds is 11. The van der Waals surface area contributed by atoms with Crippen LogP contribution in [0.25, 0.3) is 10.2 Å². The monoisotopic (exact) mass is 551 g/mol. The molecule has 3 aromatic rings. The molecule has 0 bridgehead atoms. The number of fused-ring (bicyclic) bond motifs is 1. The lowest BCUT2D eigenvalue weighted by atomic mass is 10.2. The predicted octanol–water partition coefficient (Wildman–Crippen LogP) is 4.61. The Labute approximate surface area is 220 Å². The number of aromatic nitrogens is 1. The first kappa shape index (κ1) is 29.8. The van der Waals surface area contributed by atoms with Crippen LogP contribution in [0.3, 0.4) is 0 Å². The average Bonchev–Trinajstić information content (AvgIpc) is 3.32. The smallest absolute Gasteiger partial charge is 0.407 e. The number of carbonyl (C=O) groups excluding carboxylic acids is 1. The summed E-state index contributed by atoms with van der Waals surface area (Å²) in [5, 5.41) is 9.36. The lowest BCUT2D eigenvalue weighted by Crippen LogP contribution is -2.28. The molecule has 1 aromatic heterocycles. The molecule has 0 fully saturated rings. The van der Waals surface area contributed by atoms with Crippen LogP contribution in [-0.4, -0.2) is 55.4 Å². The van der Waals surface area contributed by atoms with Crippen molar-refractivity contribution in [2.45, 2.75) is 13.8 Å². The topological polar surface area (TPSA) is 130 Å². The van der Waals surface area contributed by atoms with Gasteiger partial charge in [0.15, 0.2) is 0 Å². The van der Waals surface area contributed by atoms with Crippen LogP contribution < -0.4 is 14.6 Å². The van der Waals surface area contributed by atoms with Crippen LogP contribution in [0.1, 0.15) is 13.8 Å². The van der Waals surface area contributed by atoms with E-state index in [0.717, 1.165) is 53.2 Å². The Kier molecular flexibility index (Phi) is 11.6. The summed E-state index contributed by atoms with van der Waals surface area (Å²) < 4.78 is 39.0. The second kappa shape index (κ2) is 14.4. The van der Waals surface area contributed by atoms with E-state index in [1.165, 1.54) is 11.3 Å². The Morgan fingerprint density at radius 1 is 1.08 bits per heavy atom. The number of carbonyl (C=O) groups is 1. The summed E-state index contributed by atoms with van der Waals surface area (Å²) in [6.45, 7) is 9.00. The highest BCUT2D eigenvalue weighted by Crippen LogP contribution is 2.29. The number of esters is 1. The predicted molar refractivity (Wildman–Crippen MR) is 142 cm³/mol. The van der Waals surface area contributed by atoms with E-state index in [1.807, 2.05) is 42.5 Å². The molecule has 37 heavy (non-hydrogen) atoms. The third-order valence-electron chi connectivity index (χ3n) is 4.84. The maximum Gasteiger partial charge on any atom is 0.407 e. The van der Waals surface area contributed by atoms with Gasteiger partial charge in [-0.05, 0) is 66.7 Å². The van der Waals surface area contributed by atoms with Crippen molar-refractivity contribution in [1.29, 1.82) is 0 Å². The Morgan fingerprint density at radius 2 is 1.76 bits per heavy atom. The molecule has 0 amide bonds. The standard InChI is InChI=1S/C22H24N4O3S.C2H6O4S/c1-5-26(12-13-29-21(27)15(2)3)17-8-6-16(7-9-17)24-25-22-23-19-11-10-18(28-4)14-20(19)30-22;1-5-7(3,4)6-2/h6-11,14H,2,5,12-13H2,1,3-4H3;1-2H3/p+1. The number of likely N-dealkylation sites (N-methyl/N-ethyl adjacent to an activating group) is 1. The number of H-pyrrole nitrogens is 1. The van der Waals surface area contributed by atoms with Gasteiger partial charge in [0.25, 0.3) is 0 Å². The number of anilines is 1. The Bertz CT molecular complexity index is 1310. The summed E-state index contributed by atoms with van der Waals surface area (Å²) in [4.78, 5) is 16.9. The maximum absolute atomic E-state index is 11.5. The SMILES string of the molecule is C=C(C)C(=O)OCCN(CC)c1ccc(N=Nc2[nH+]c3ccc(OC)cc3s2)cc1.COS(=O)(=O)OC. The van der Waals surface area contributed by atoms with Crippen molar-refractivity contribution >= 4 is 54.4 Å². The van der Waals surface area contributed by atoms with Gasteiger partial charge in [0, 0.05) is 23.9 Å². The second-order valence-corrected chi connectivity index (χ2v) is 9.86. The van der Waals surface area contributed by atoms with E-state index in [2.05, 4.69) is 42.0 Å². The summed E-state index contributed by atoms with van der Waals surface area (Å²) >= 11 is 1.52. The molecule has 200 valence electrons. The summed E-state index contributed by atoms with van der Waals surface area (Å²) in [6.07, 6.45) is 0. The van der Waals surface area contributed by atoms with Crippen molar-refractivity contribution in [2.24, 2.45) is 10.2 Å². The van der Waals surface area contributed by atoms with Crippen LogP contribution in [0.2, 0.25) is 0 Å². The molecule has 3 rings (SSSR count). The Balaban J connectivity index is 0.000000604. The molecule has 0 unspecified atom stereocenters. The lowest BCUT2D eigenvalue weighted by molar-refractivity contribution is -0.323. The molecule has 1 N–H and O–H groups in total. The first-order valence-electron chi connectivity index (χ1n) is 11.1. The maximum atomic E-state index is 11.5. The number of methoxy groups -OCH3 is 1. The Morgan fingerprint density at radius 3 is 2.30 bits per heavy atom. The third kappa shape index (κ3) is 9.53. The molecule has 0 aliphatic heterocycles. The van der Waals surface area contributed by atoms with E-state index in [0.29, 0.717) is 18.7 Å². The van der Waals surface area contributed by atoms with Gasteiger partial charge in [-0.1, -0.05) is 6.58 Å². The molecule has 0 aliphatic rings. The van der Waals surface area contributed by atoms with E-state index >= 15 is 0 Å². The van der Waals surface area contributed by atoms with Crippen LogP contribution in [0.4, 0.5) is 16.5 Å². The molecule has 0 saturated carbocycles. The van der Waals surface area contributed by atoms with Gasteiger partial charge in [-0.15, -0.1) is 0 Å². The van der Waals surface area contributed by atoms with Gasteiger partial charge in [0.1, 0.15) is 23.6 Å². The highest BCUT2D eigenvalue weighted by atomic mass is 32.3. The van der Waals surface area contributed by atoms with E-state index < -0.39 is 10.4 Å². The minimum Gasteiger partial charge on any atom is -0.497 e. The zero-order chi connectivity index (χ0) is 27.4. The number of hydrogen-bond donors (Lipinski definition) is 0. The molecular weight excluding hydrogens is 520 g/mol. The molecule has 0 atom stereocenters. The van der Waals surface area contributed by atoms with Gasteiger partial charge in [-0.2, -0.15) is 8.42 Å². The largest absolute Gasteiger partial charge is 0.497 e. The van der Waals surface area contributed by atoms with Gasteiger partial charge in [0.05, 0.1) is 37.7 Å². The highest BCUT2D eigenvalue weighted by Gasteiger charge is 2.12. The van der Waals surface area contributed by atoms with Crippen LogP contribution in [0.5, 0.6) is 5.75 Å². The van der Waals surface area contributed by atoms with Crippen molar-refractivity contribution in [3.05, 3.63) is 54.6 Å². The molecule has 13 heteroatoms. The van der Waals surface area contributed by atoms with Crippen LogP contribution in [-0.2, 0) is 28.3 Å². The zero-order valence-corrected chi connectivity index (χ0v) is 23.0. The van der Waals surface area contributed by atoms with Crippen LogP contribution >= 0.6 is 11.3 Å². The van der Waals surface area contributed by atoms with Crippen LogP contribution in [0.15, 0.2) is 64.8 Å². The summed E-state index contributed by atoms with van der Waals surface area (Å²) in [5.41, 5.74) is 3.19. The molecule has 0 spiro atoms. The number of ether oxygens (including phenoxy) is 2. The van der Waals surface area contributed by atoms with Crippen molar-refractivity contribution in [3.8, 4) is 5.75 Å². The molecule has 0 aliphatic carbocycles. The first-order chi connectivity index (χ1) is 17.6. The van der Waals surface area contributed by atoms with Crippen LogP contribution in [0, 0.1) is 0 Å². The minimum atomic E-state index is -3.66. The minimum absolute atomic E-state index is 0.313. The van der Waals surface area contributed by atoms with E-state index in [1.54, 1.807) is 14.0 Å². The summed E-state index contributed by atoms with van der Waals surface area (Å²) in [7, 11) is 0.0458. The van der Waals surface area contributed by atoms with Gasteiger partial charge >= 0.3 is 21.5 Å². The number of nitrogens with zero attached hydrogens (tertiary/aromatic N) is 3. The molecule has 0 saturated heterocycles. The number of aromatic amines is 1. The summed E-state index contributed by atoms with van der Waals surface area (Å²) in [6, 6.07) is 13.6. The van der Waals surface area contributed by atoms with Crippen molar-refractivity contribution < 1.29 is 36.0 Å². The molecule has 1 heterocycles. The number of azo groups is 1. The molecule has 11 nitrogen and oxygen atoms in total. The quantitative estimate of drug-likeness (QED) is 0.192. The first-order valence-corrected chi connectivity index (χ1v) is 13.2. The lowest BCUT2D eigenvalue weighted by Gasteiger charge is -2.22. The Hall–Kier alpha value is -3.39. The number of hydrogen-bond acceptors (Lipinski definition) is 11. The van der Waals surface area contributed by atoms with E-state index in [9.17, 15) is 13.2 Å². The van der Waals surface area contributed by atoms with Crippen molar-refractivity contribution in [1.82, 2.24) is 0 Å². The fourth-order valence-corrected chi connectivity index (χ4v) is 3.84. The zero-order valence-electron chi connectivity index (χ0n) is 21.4. The van der Waals surface area contributed by atoms with Crippen molar-refractivity contribution in [3.63, 3.8) is 0 Å². The average molecular weight is 552 g/mol. The highest BCUT2D eigenvalue weighted by molar-refractivity contribution is 7.81. The summed E-state index contributed by atoms with van der Waals surface area (Å²) in [5.74, 6) is 0.449. The normalized spacial score (nSPS) is 11.2. The number of nitrogens with one attached hydrogen (secondary N) is 1. The van der Waals surface area contributed by atoms with E-state index in [-0.39, 0.29) is 5.97 Å².